The van der Waals surface area contributed by atoms with Crippen LogP contribution in [0.5, 0.6) is 0 Å². The summed E-state index contributed by atoms with van der Waals surface area (Å²) in [6.45, 7) is -1.50. The Morgan fingerprint density at radius 3 is 2.67 bits per heavy atom. The Balaban J connectivity index is 1.45. The highest BCUT2D eigenvalue weighted by Crippen LogP contribution is 2.31. The fourth-order valence-corrected chi connectivity index (χ4v) is 3.27. The van der Waals surface area contributed by atoms with Crippen molar-refractivity contribution in [2.45, 2.75) is 12.7 Å². The lowest BCUT2D eigenvalue weighted by atomic mass is 10.2. The van der Waals surface area contributed by atoms with Gasteiger partial charge in [-0.15, -0.1) is 0 Å². The van der Waals surface area contributed by atoms with E-state index in [9.17, 15) is 22.8 Å². The zero-order valence-corrected chi connectivity index (χ0v) is 17.3. The molecule has 2 heterocycles. The van der Waals surface area contributed by atoms with Gasteiger partial charge < -0.3 is 14.6 Å². The van der Waals surface area contributed by atoms with Crippen LogP contribution in [-0.4, -0.2) is 42.8 Å². The molecular formula is C20H14ClF3N6O3. The van der Waals surface area contributed by atoms with Gasteiger partial charge in [-0.1, -0.05) is 23.7 Å². The van der Waals surface area contributed by atoms with Gasteiger partial charge in [-0.05, 0) is 30.3 Å². The molecule has 13 heteroatoms. The number of carbonyl (C=O) groups is 2. The van der Waals surface area contributed by atoms with Gasteiger partial charge in [-0.2, -0.15) is 18.3 Å². The van der Waals surface area contributed by atoms with Crippen LogP contribution in [0.15, 0.2) is 55.1 Å². The first-order chi connectivity index (χ1) is 15.7. The number of para-hydroxylation sites is 2. The van der Waals surface area contributed by atoms with Gasteiger partial charge in [0.05, 0.1) is 22.4 Å². The van der Waals surface area contributed by atoms with Gasteiger partial charge in [-0.25, -0.2) is 14.6 Å². The highest BCUT2D eigenvalue weighted by atomic mass is 35.5. The molecule has 4 aromatic rings. The van der Waals surface area contributed by atoms with E-state index >= 15 is 0 Å². The molecule has 1 N–H and O–H groups in total. The summed E-state index contributed by atoms with van der Waals surface area (Å²) in [6, 6.07) is 10.5. The summed E-state index contributed by atoms with van der Waals surface area (Å²) in [5.41, 5.74) is 0.921. The Morgan fingerprint density at radius 1 is 1.15 bits per heavy atom. The molecule has 0 bridgehead atoms. The molecule has 0 saturated carbocycles. The number of imidazole rings is 1. The van der Waals surface area contributed by atoms with E-state index in [1.54, 1.807) is 12.1 Å². The lowest BCUT2D eigenvalue weighted by Crippen LogP contribution is -2.25. The smallest absolute Gasteiger partial charge is 0.449 e. The van der Waals surface area contributed by atoms with Crippen molar-refractivity contribution in [2.24, 2.45) is 0 Å². The van der Waals surface area contributed by atoms with E-state index < -0.39 is 37.0 Å². The molecule has 170 valence electrons. The highest BCUT2D eigenvalue weighted by Gasteiger charge is 2.38. The predicted molar refractivity (Wildman–Crippen MR) is 111 cm³/mol. The zero-order chi connectivity index (χ0) is 23.6. The first-order valence-electron chi connectivity index (χ1n) is 9.35. The third-order valence-electron chi connectivity index (χ3n) is 4.46. The summed E-state index contributed by atoms with van der Waals surface area (Å²) in [6.07, 6.45) is -2.06. The topological polar surface area (TPSA) is 104 Å². The third kappa shape index (κ3) is 4.95. The number of alkyl halides is 3. The molecule has 0 aliphatic carbocycles. The second-order valence-electron chi connectivity index (χ2n) is 6.72. The molecule has 0 aliphatic rings. The fourth-order valence-electron chi connectivity index (χ4n) is 3.10. The minimum Gasteiger partial charge on any atom is -0.454 e. The second kappa shape index (κ2) is 8.90. The number of esters is 1. The van der Waals surface area contributed by atoms with Crippen molar-refractivity contribution in [3.05, 3.63) is 66.0 Å². The predicted octanol–water partition coefficient (Wildman–Crippen LogP) is 3.47. The Kier molecular flexibility index (Phi) is 6.01. The summed E-state index contributed by atoms with van der Waals surface area (Å²) in [7, 11) is 0. The molecule has 2 aromatic heterocycles. The van der Waals surface area contributed by atoms with Gasteiger partial charge in [0, 0.05) is 5.02 Å². The number of benzene rings is 2. The summed E-state index contributed by atoms with van der Waals surface area (Å²) < 4.78 is 47.1. The number of carbonyl (C=O) groups excluding carboxylic acids is 2. The largest absolute Gasteiger partial charge is 0.454 e. The van der Waals surface area contributed by atoms with Gasteiger partial charge in [0.25, 0.3) is 5.91 Å². The van der Waals surface area contributed by atoms with E-state index in [1.807, 2.05) is 0 Å². The van der Waals surface area contributed by atoms with Crippen LogP contribution in [0.3, 0.4) is 0 Å². The number of amides is 1. The molecule has 9 nitrogen and oxygen atoms in total. The zero-order valence-electron chi connectivity index (χ0n) is 16.6. The summed E-state index contributed by atoms with van der Waals surface area (Å²) >= 11 is 5.99. The minimum absolute atomic E-state index is 0.0805. The highest BCUT2D eigenvalue weighted by molar-refractivity contribution is 6.31. The van der Waals surface area contributed by atoms with Crippen molar-refractivity contribution in [3.8, 4) is 5.69 Å². The number of hydrogen-bond acceptors (Lipinski definition) is 6. The molecular weight excluding hydrogens is 465 g/mol. The third-order valence-corrected chi connectivity index (χ3v) is 4.69. The van der Waals surface area contributed by atoms with Crippen molar-refractivity contribution >= 4 is 40.2 Å². The van der Waals surface area contributed by atoms with E-state index in [4.69, 9.17) is 16.3 Å². The van der Waals surface area contributed by atoms with Crippen molar-refractivity contribution in [1.29, 1.82) is 0 Å². The van der Waals surface area contributed by atoms with Gasteiger partial charge in [0.2, 0.25) is 5.82 Å². The Labute approximate surface area is 188 Å². The van der Waals surface area contributed by atoms with Crippen LogP contribution in [0, 0.1) is 0 Å². The monoisotopic (exact) mass is 478 g/mol. The van der Waals surface area contributed by atoms with Crippen LogP contribution in [-0.2, 0) is 27.0 Å². The Bertz CT molecular complexity index is 1320. The second-order valence-corrected chi connectivity index (χ2v) is 7.15. The average Bonchev–Trinajstić information content (AvgIpc) is 3.41. The molecule has 0 fully saturated rings. The number of fused-ring (bicyclic) bond motifs is 1. The number of hydrogen-bond donors (Lipinski definition) is 1. The molecule has 0 spiro atoms. The maximum Gasteiger partial charge on any atom is 0.449 e. The molecule has 4 rings (SSSR count). The number of nitrogens with zero attached hydrogens (tertiary/aromatic N) is 5. The Morgan fingerprint density at radius 2 is 1.94 bits per heavy atom. The number of rotatable bonds is 6. The average molecular weight is 479 g/mol. The first-order valence-corrected chi connectivity index (χ1v) is 9.72. The van der Waals surface area contributed by atoms with Crippen LogP contribution < -0.4 is 5.32 Å². The van der Waals surface area contributed by atoms with Crippen LogP contribution in [0.1, 0.15) is 5.82 Å². The molecule has 0 aliphatic heterocycles. The summed E-state index contributed by atoms with van der Waals surface area (Å²) in [4.78, 5) is 31.9. The van der Waals surface area contributed by atoms with E-state index in [2.05, 4.69) is 20.4 Å². The molecule has 2 aromatic carbocycles. The van der Waals surface area contributed by atoms with Crippen molar-refractivity contribution < 1.29 is 27.5 Å². The van der Waals surface area contributed by atoms with E-state index in [-0.39, 0.29) is 16.7 Å². The molecule has 0 unspecified atom stereocenters. The van der Waals surface area contributed by atoms with Crippen LogP contribution in [0.25, 0.3) is 16.7 Å². The molecule has 1 amide bonds. The number of aromatic nitrogens is 5. The van der Waals surface area contributed by atoms with Gasteiger partial charge in [-0.3, -0.25) is 9.59 Å². The molecule has 0 atom stereocenters. The van der Waals surface area contributed by atoms with Crippen LogP contribution in [0.2, 0.25) is 5.02 Å². The molecule has 0 saturated heterocycles. The standard InChI is InChI=1S/C20H14ClF3N6O3/c21-12-5-6-16(30-11-25-10-26-30)14(7-12)27-17(31)9-33-18(32)8-29-15-4-2-1-3-13(15)28-19(29)20(22,23)24/h1-7,10-11H,8-9H2,(H,27,31). The minimum atomic E-state index is -4.78. The van der Waals surface area contributed by atoms with Crippen LogP contribution in [0.4, 0.5) is 18.9 Å². The van der Waals surface area contributed by atoms with Crippen molar-refractivity contribution in [3.63, 3.8) is 0 Å². The number of anilines is 1. The molecule has 0 radical (unpaired) electrons. The maximum absolute atomic E-state index is 13.4. The number of halogens is 4. The Hall–Kier alpha value is -3.93. The normalized spacial score (nSPS) is 11.5. The van der Waals surface area contributed by atoms with Gasteiger partial charge in [0.1, 0.15) is 19.2 Å². The van der Waals surface area contributed by atoms with Gasteiger partial charge in [0.15, 0.2) is 6.61 Å². The van der Waals surface area contributed by atoms with E-state index in [1.165, 1.54) is 47.7 Å². The van der Waals surface area contributed by atoms with Crippen molar-refractivity contribution in [1.82, 2.24) is 24.3 Å². The summed E-state index contributed by atoms with van der Waals surface area (Å²) in [5, 5.41) is 6.84. The van der Waals surface area contributed by atoms with E-state index in [0.717, 1.165) is 0 Å². The molecule has 33 heavy (non-hydrogen) atoms. The lowest BCUT2D eigenvalue weighted by Gasteiger charge is -2.13. The number of nitrogens with one attached hydrogen (secondary N) is 1. The summed E-state index contributed by atoms with van der Waals surface area (Å²) in [5.74, 6) is -3.00. The first kappa shape index (κ1) is 22.3. The van der Waals surface area contributed by atoms with E-state index in [0.29, 0.717) is 15.3 Å². The van der Waals surface area contributed by atoms with Crippen LogP contribution >= 0.6 is 11.6 Å². The number of ether oxygens (including phenoxy) is 1. The quantitative estimate of drug-likeness (QED) is 0.426. The fraction of sp³-hybridized carbons (Fsp3) is 0.150. The SMILES string of the molecule is O=C(COC(=O)Cn1c(C(F)(F)F)nc2ccccc21)Nc1cc(Cl)ccc1-n1cncn1. The maximum atomic E-state index is 13.4. The van der Waals surface area contributed by atoms with Gasteiger partial charge >= 0.3 is 12.1 Å². The van der Waals surface area contributed by atoms with Crippen molar-refractivity contribution in [2.75, 3.05) is 11.9 Å². The lowest BCUT2D eigenvalue weighted by molar-refractivity contribution is -0.152.